The molecule has 316 valence electrons. The van der Waals surface area contributed by atoms with Crippen molar-refractivity contribution in [2.75, 3.05) is 13.2 Å². The molecule has 18 heteroatoms. The molecule has 3 fully saturated rings. The lowest BCUT2D eigenvalue weighted by molar-refractivity contribution is -0.375. The second-order valence-electron chi connectivity index (χ2n) is 15.7. The molecule has 59 heavy (non-hydrogen) atoms. The quantitative estimate of drug-likeness (QED) is 0.310. The number of hydrogen-bond acceptors (Lipinski definition) is 18. The summed E-state index contributed by atoms with van der Waals surface area (Å²) < 4.78 is 48.3. The highest BCUT2D eigenvalue weighted by molar-refractivity contribution is 5.95. The van der Waals surface area contributed by atoms with E-state index in [1.165, 1.54) is 56.4 Å². The number of carbonyl (C=O) groups excluding carboxylic acids is 8. The number of ketones is 1. The van der Waals surface area contributed by atoms with Crippen LogP contribution in [0.1, 0.15) is 87.7 Å². The first-order valence-electron chi connectivity index (χ1n) is 18.8. The van der Waals surface area contributed by atoms with Gasteiger partial charge in [-0.2, -0.15) is 0 Å². The van der Waals surface area contributed by atoms with Crippen molar-refractivity contribution in [1.29, 1.82) is 0 Å². The normalized spacial score (nSPS) is 36.1. The Morgan fingerprint density at radius 2 is 1.46 bits per heavy atom. The van der Waals surface area contributed by atoms with Crippen molar-refractivity contribution in [3.63, 3.8) is 0 Å². The third-order valence-electron chi connectivity index (χ3n) is 11.9. The largest absolute Gasteiger partial charge is 0.465 e. The van der Waals surface area contributed by atoms with Crippen LogP contribution >= 0.6 is 0 Å². The summed E-state index contributed by atoms with van der Waals surface area (Å²) in [5.74, 6) is -12.2. The highest BCUT2D eigenvalue weighted by atomic mass is 16.7. The van der Waals surface area contributed by atoms with E-state index in [1.807, 2.05) is 0 Å². The molecule has 1 aromatic carbocycles. The number of cyclic esters (lactones) is 1. The topological polar surface area (TPSA) is 244 Å². The Kier molecular flexibility index (Phi) is 11.2. The first-order valence-corrected chi connectivity index (χ1v) is 18.8. The molecule has 3 heterocycles. The van der Waals surface area contributed by atoms with Crippen molar-refractivity contribution in [3.8, 4) is 0 Å². The van der Waals surface area contributed by atoms with Crippen molar-refractivity contribution in [1.82, 2.24) is 4.98 Å². The Bertz CT molecular complexity index is 2090. The first-order chi connectivity index (χ1) is 27.6. The van der Waals surface area contributed by atoms with Gasteiger partial charge in [0.2, 0.25) is 0 Å². The number of esters is 7. The van der Waals surface area contributed by atoms with E-state index in [-0.39, 0.29) is 16.8 Å². The highest BCUT2D eigenvalue weighted by Gasteiger charge is 2.91. The Morgan fingerprint density at radius 3 is 2.07 bits per heavy atom. The fraction of sp³-hybridized carbons (Fsp3) is 0.537. The van der Waals surface area contributed by atoms with Crippen LogP contribution in [0.3, 0.4) is 0 Å². The number of hydrogen-bond donors (Lipinski definition) is 1. The van der Waals surface area contributed by atoms with E-state index in [4.69, 9.17) is 37.9 Å². The Labute approximate surface area is 338 Å². The number of carbonyl (C=O) groups is 8. The van der Waals surface area contributed by atoms with Gasteiger partial charge in [-0.05, 0) is 38.1 Å². The van der Waals surface area contributed by atoms with Gasteiger partial charge in [-0.3, -0.25) is 33.8 Å². The van der Waals surface area contributed by atoms with Gasteiger partial charge in [0.1, 0.15) is 35.9 Å². The molecule has 18 nitrogen and oxygen atoms in total. The van der Waals surface area contributed by atoms with Gasteiger partial charge in [0.25, 0.3) is 0 Å². The predicted molar refractivity (Wildman–Crippen MR) is 195 cm³/mol. The monoisotopic (exact) mass is 823 g/mol. The van der Waals surface area contributed by atoms with Crippen LogP contribution in [0.15, 0.2) is 48.7 Å². The molecule has 4 aliphatic rings. The number of Topliss-reactive ketones (excluding diaryl/α,β-unsaturated/α-hetero) is 1. The SMILES string of the molecule is CC(=O)OC[C@]12[C@H](OC(C)=O)C(=O)[C@@H]3[C@@H](OC(C)=O)[C@@]14O[C@@]3(C)COC(=O)c1cccnc1C(C)C(C)C(=O)O[C@@H]([C@H](OC(C)=O)[C@@H]2OC(=O)c1ccccc1)[C@]4(C)O. The molecule has 6 rings (SSSR count). The molecular weight excluding hydrogens is 778 g/mol. The number of fused-ring (bicyclic) bond motifs is 5. The fourth-order valence-corrected chi connectivity index (χ4v) is 9.28. The molecule has 2 saturated carbocycles. The number of pyridine rings is 1. The van der Waals surface area contributed by atoms with Gasteiger partial charge in [0.15, 0.2) is 35.8 Å². The smallest absolute Gasteiger partial charge is 0.340 e. The van der Waals surface area contributed by atoms with Gasteiger partial charge in [-0.1, -0.05) is 32.0 Å². The summed E-state index contributed by atoms with van der Waals surface area (Å²) in [6.45, 7) is 7.42. The van der Waals surface area contributed by atoms with Crippen LogP contribution in [0.2, 0.25) is 0 Å². The molecule has 2 aliphatic heterocycles. The maximum atomic E-state index is 15.3. The van der Waals surface area contributed by atoms with E-state index in [2.05, 4.69) is 4.98 Å². The molecule has 4 bridgehead atoms. The van der Waals surface area contributed by atoms with Gasteiger partial charge in [0.05, 0.1) is 28.7 Å². The molecule has 1 N–H and O–H groups in total. The number of aromatic nitrogens is 1. The zero-order valence-electron chi connectivity index (χ0n) is 33.6. The predicted octanol–water partition coefficient (Wildman–Crippen LogP) is 1.96. The second-order valence-corrected chi connectivity index (χ2v) is 15.7. The molecule has 1 spiro atoms. The minimum Gasteiger partial charge on any atom is -0.465 e. The zero-order chi connectivity index (χ0) is 43.4. The summed E-state index contributed by atoms with van der Waals surface area (Å²) in [4.78, 5) is 115. The van der Waals surface area contributed by atoms with Crippen LogP contribution in [0.5, 0.6) is 0 Å². The molecule has 12 atom stereocenters. The van der Waals surface area contributed by atoms with Gasteiger partial charge >= 0.3 is 41.8 Å². The zero-order valence-corrected chi connectivity index (χ0v) is 33.6. The summed E-state index contributed by atoms with van der Waals surface area (Å²) in [6.07, 6.45) is -9.28. The third-order valence-corrected chi connectivity index (χ3v) is 11.9. The fourth-order valence-electron chi connectivity index (χ4n) is 9.28. The molecule has 2 aromatic rings. The lowest BCUT2D eigenvalue weighted by Gasteiger charge is -2.66. The van der Waals surface area contributed by atoms with Crippen molar-refractivity contribution >= 4 is 47.6 Å². The summed E-state index contributed by atoms with van der Waals surface area (Å²) in [7, 11) is 0. The van der Waals surface area contributed by atoms with Crippen LogP contribution in [0.4, 0.5) is 0 Å². The van der Waals surface area contributed by atoms with Crippen LogP contribution in [-0.2, 0) is 66.7 Å². The van der Waals surface area contributed by atoms with E-state index in [0.29, 0.717) is 0 Å². The van der Waals surface area contributed by atoms with E-state index in [1.54, 1.807) is 13.0 Å². The number of aliphatic hydroxyl groups is 1. The molecule has 2 unspecified atom stereocenters. The maximum absolute atomic E-state index is 15.3. The van der Waals surface area contributed by atoms with Crippen molar-refractivity contribution in [2.24, 2.45) is 17.3 Å². The third kappa shape index (κ3) is 6.80. The van der Waals surface area contributed by atoms with Crippen LogP contribution in [-0.4, -0.2) is 118 Å². The van der Waals surface area contributed by atoms with Crippen LogP contribution in [0.25, 0.3) is 0 Å². The molecule has 0 amide bonds. The van der Waals surface area contributed by atoms with E-state index in [0.717, 1.165) is 34.6 Å². The summed E-state index contributed by atoms with van der Waals surface area (Å²) in [5.41, 5.74) is -10.5. The van der Waals surface area contributed by atoms with Crippen molar-refractivity contribution in [3.05, 3.63) is 65.5 Å². The standard InChI is InChI=1S/C41H45NO17/c1-19-20(2)35(48)57-33-30(54-22(4)44)34(58-36(49)25-13-10-9-11-14-25)40(18-52-21(3)43)32(56-24(6)46)29(47)27-31(55-23(5)45)41(40,39(33,8)51)59-38(27,7)17-53-37(50)26-15-12-16-42-28(19)26/h9-16,19-20,27,30-34,51H,17-18H2,1-8H3/t19?,20?,27-,30+,31-,32-,33+,34+,38+,39+,40-,41+/m1/s1. The Morgan fingerprint density at radius 1 is 0.814 bits per heavy atom. The number of nitrogens with zero attached hydrogens (tertiary/aromatic N) is 1. The van der Waals surface area contributed by atoms with Gasteiger partial charge < -0.3 is 43.0 Å². The molecular formula is C41H45NO17. The first kappa shape index (κ1) is 42.8. The second kappa shape index (κ2) is 15.4. The number of benzene rings is 1. The summed E-state index contributed by atoms with van der Waals surface area (Å²) in [5, 5.41) is 13.4. The Hall–Kier alpha value is -5.75. The van der Waals surface area contributed by atoms with Crippen molar-refractivity contribution < 1.29 is 81.4 Å². The highest BCUT2D eigenvalue weighted by Crippen LogP contribution is 2.69. The lowest BCUT2D eigenvalue weighted by Crippen LogP contribution is -2.88. The molecule has 2 aliphatic carbocycles. The summed E-state index contributed by atoms with van der Waals surface area (Å²) in [6, 6.07) is 10.2. The van der Waals surface area contributed by atoms with Gasteiger partial charge in [0, 0.05) is 39.8 Å². The maximum Gasteiger partial charge on any atom is 0.340 e. The van der Waals surface area contributed by atoms with E-state index in [9.17, 15) is 38.7 Å². The number of ether oxygens (including phenoxy) is 8. The van der Waals surface area contributed by atoms with Gasteiger partial charge in [-0.25, -0.2) is 9.59 Å². The number of rotatable bonds is 7. The lowest BCUT2D eigenvalue weighted by atomic mass is 9.45. The minimum atomic E-state index is -2.86. The molecule has 1 aromatic heterocycles. The average molecular weight is 824 g/mol. The van der Waals surface area contributed by atoms with Crippen LogP contribution < -0.4 is 0 Å². The van der Waals surface area contributed by atoms with Crippen LogP contribution in [0, 0.1) is 17.3 Å². The summed E-state index contributed by atoms with van der Waals surface area (Å²) >= 11 is 0. The molecule has 0 radical (unpaired) electrons. The van der Waals surface area contributed by atoms with E-state index < -0.39 is 131 Å². The van der Waals surface area contributed by atoms with Gasteiger partial charge in [-0.15, -0.1) is 0 Å². The Balaban J connectivity index is 1.77. The van der Waals surface area contributed by atoms with Crippen molar-refractivity contribution in [2.45, 2.75) is 109 Å². The average Bonchev–Trinajstić information content (AvgIpc) is 3.40. The minimum absolute atomic E-state index is 0.0535. The van der Waals surface area contributed by atoms with E-state index >= 15 is 4.79 Å². The molecule has 1 saturated heterocycles.